The Hall–Kier alpha value is -2.85. The van der Waals surface area contributed by atoms with Gasteiger partial charge in [0.2, 0.25) is 0 Å². The van der Waals surface area contributed by atoms with Crippen molar-refractivity contribution in [2.45, 2.75) is 57.4 Å². The molecular weight excluding hydrogens is 460 g/mol. The smallest absolute Gasteiger partial charge is 0.352 e. The molecule has 9 nitrogen and oxygen atoms in total. The van der Waals surface area contributed by atoms with Gasteiger partial charge in [-0.3, -0.25) is 4.90 Å². The van der Waals surface area contributed by atoms with Crippen LogP contribution in [0.3, 0.4) is 0 Å². The standard InChI is InChI=1S/C14H11NO4.C13H27N3O/c16-14(17)12-6-10-11(15-12)2-1-3-13(10)19-8-9-4-5-18-7-9;1-11(16-8-4-13(17)5-9-16)10-15-6-2-12(14)3-7-15/h1-7,15H,8H2,(H,16,17);11-13,17H,2-10,14H2,1H3/t;11-/m.0/s1. The minimum Gasteiger partial charge on any atom is -0.488 e. The van der Waals surface area contributed by atoms with Gasteiger partial charge < -0.3 is 35.0 Å². The number of rotatable bonds is 7. The summed E-state index contributed by atoms with van der Waals surface area (Å²) in [6, 6.07) is 9.86. The van der Waals surface area contributed by atoms with Gasteiger partial charge in [-0.05, 0) is 70.0 Å². The molecule has 0 amide bonds. The number of carboxylic acids is 1. The largest absolute Gasteiger partial charge is 0.488 e. The number of benzene rings is 1. The Morgan fingerprint density at radius 2 is 1.94 bits per heavy atom. The number of nitrogens with zero attached hydrogens (tertiary/aromatic N) is 2. The van der Waals surface area contributed by atoms with Crippen molar-refractivity contribution in [3.63, 3.8) is 0 Å². The lowest BCUT2D eigenvalue weighted by molar-refractivity contribution is 0.0507. The molecule has 36 heavy (non-hydrogen) atoms. The minimum absolute atomic E-state index is 0.0635. The van der Waals surface area contributed by atoms with Gasteiger partial charge in [0, 0.05) is 48.2 Å². The molecule has 9 heteroatoms. The predicted molar refractivity (Wildman–Crippen MR) is 138 cm³/mol. The number of hydrogen-bond acceptors (Lipinski definition) is 7. The second-order valence-electron chi connectivity index (χ2n) is 9.88. The number of ether oxygens (including phenoxy) is 1. The maximum absolute atomic E-state index is 10.9. The van der Waals surface area contributed by atoms with Gasteiger partial charge in [0.25, 0.3) is 0 Å². The van der Waals surface area contributed by atoms with Gasteiger partial charge in [-0.25, -0.2) is 4.79 Å². The van der Waals surface area contributed by atoms with E-state index in [0.717, 1.165) is 74.9 Å². The Morgan fingerprint density at radius 3 is 2.61 bits per heavy atom. The van der Waals surface area contributed by atoms with Gasteiger partial charge >= 0.3 is 5.97 Å². The molecule has 1 aromatic carbocycles. The second kappa shape index (κ2) is 12.4. The van der Waals surface area contributed by atoms with Gasteiger partial charge in [-0.1, -0.05) is 6.07 Å². The zero-order valence-corrected chi connectivity index (χ0v) is 20.9. The number of fused-ring (bicyclic) bond motifs is 1. The lowest BCUT2D eigenvalue weighted by Crippen LogP contribution is -2.49. The highest BCUT2D eigenvalue weighted by Crippen LogP contribution is 2.27. The summed E-state index contributed by atoms with van der Waals surface area (Å²) in [4.78, 5) is 18.8. The van der Waals surface area contributed by atoms with E-state index in [9.17, 15) is 9.90 Å². The van der Waals surface area contributed by atoms with Crippen molar-refractivity contribution in [1.29, 1.82) is 0 Å². The number of likely N-dealkylation sites (tertiary alicyclic amines) is 2. The summed E-state index contributed by atoms with van der Waals surface area (Å²) in [5, 5.41) is 19.2. The first-order valence-electron chi connectivity index (χ1n) is 12.8. The lowest BCUT2D eigenvalue weighted by atomic mass is 10.0. The number of furan rings is 1. The van der Waals surface area contributed by atoms with Crippen LogP contribution < -0.4 is 10.5 Å². The molecule has 0 spiro atoms. The van der Waals surface area contributed by atoms with E-state index >= 15 is 0 Å². The third kappa shape index (κ3) is 7.10. The fraction of sp³-hybridized carbons (Fsp3) is 0.519. The summed E-state index contributed by atoms with van der Waals surface area (Å²) in [6.07, 6.45) is 7.30. The normalized spacial score (nSPS) is 19.1. The molecule has 2 fully saturated rings. The molecule has 196 valence electrons. The molecule has 4 heterocycles. The van der Waals surface area contributed by atoms with Crippen LogP contribution in [-0.2, 0) is 6.61 Å². The number of aliphatic hydroxyl groups is 1. The number of carbonyl (C=O) groups is 1. The average Bonchev–Trinajstić information content (AvgIpc) is 3.55. The Labute approximate surface area is 211 Å². The van der Waals surface area contributed by atoms with Gasteiger partial charge in [0.15, 0.2) is 0 Å². The Balaban J connectivity index is 0.000000170. The molecule has 5 N–H and O–H groups in total. The molecule has 2 aromatic heterocycles. The number of hydrogen-bond donors (Lipinski definition) is 4. The van der Waals surface area contributed by atoms with E-state index in [2.05, 4.69) is 21.7 Å². The first kappa shape index (κ1) is 26.2. The van der Waals surface area contributed by atoms with E-state index in [1.807, 2.05) is 24.3 Å². The monoisotopic (exact) mass is 498 g/mol. The number of H-pyrrole nitrogens is 1. The Kier molecular flexibility index (Phi) is 9.03. The number of aromatic carboxylic acids is 1. The molecule has 3 aromatic rings. The number of aromatic amines is 1. The molecule has 2 aliphatic heterocycles. The fourth-order valence-corrected chi connectivity index (χ4v) is 4.86. The van der Waals surface area contributed by atoms with Crippen LogP contribution in [0.15, 0.2) is 47.3 Å². The topological polar surface area (TPSA) is 128 Å². The molecule has 5 rings (SSSR count). The number of aliphatic hydroxyl groups excluding tert-OH is 1. The Morgan fingerprint density at radius 1 is 1.19 bits per heavy atom. The number of aromatic nitrogens is 1. The van der Waals surface area contributed by atoms with E-state index in [-0.39, 0.29) is 11.8 Å². The molecule has 2 aliphatic rings. The van der Waals surface area contributed by atoms with Crippen LogP contribution in [0.25, 0.3) is 10.9 Å². The van der Waals surface area contributed by atoms with Crippen LogP contribution in [0.5, 0.6) is 5.75 Å². The van der Waals surface area contributed by atoms with Crippen molar-refractivity contribution in [2.75, 3.05) is 32.7 Å². The first-order valence-corrected chi connectivity index (χ1v) is 12.8. The molecule has 0 saturated carbocycles. The van der Waals surface area contributed by atoms with Crippen LogP contribution >= 0.6 is 0 Å². The molecule has 0 aliphatic carbocycles. The van der Waals surface area contributed by atoms with E-state index in [1.165, 1.54) is 0 Å². The van der Waals surface area contributed by atoms with Crippen molar-refractivity contribution >= 4 is 16.9 Å². The first-order chi connectivity index (χ1) is 17.4. The van der Waals surface area contributed by atoms with Gasteiger partial charge in [-0.15, -0.1) is 0 Å². The third-order valence-electron chi connectivity index (χ3n) is 7.11. The predicted octanol–water partition coefficient (Wildman–Crippen LogP) is 3.29. The van der Waals surface area contributed by atoms with Crippen molar-refractivity contribution in [2.24, 2.45) is 5.73 Å². The highest BCUT2D eigenvalue weighted by atomic mass is 16.5. The van der Waals surface area contributed by atoms with Crippen molar-refractivity contribution in [3.8, 4) is 5.75 Å². The summed E-state index contributed by atoms with van der Waals surface area (Å²) >= 11 is 0. The molecule has 0 radical (unpaired) electrons. The van der Waals surface area contributed by atoms with Crippen molar-refractivity contribution < 1.29 is 24.2 Å². The second-order valence-corrected chi connectivity index (χ2v) is 9.88. The van der Waals surface area contributed by atoms with Crippen LogP contribution in [-0.4, -0.2) is 81.9 Å². The SMILES string of the molecule is C[C@@H](CN1CCC(N)CC1)N1CCC(O)CC1.O=C(O)c1cc2c(OCc3ccoc3)cccc2[nH]1. The summed E-state index contributed by atoms with van der Waals surface area (Å²) < 4.78 is 10.6. The average molecular weight is 499 g/mol. The molecule has 0 unspecified atom stereocenters. The fourth-order valence-electron chi connectivity index (χ4n) is 4.86. The number of nitrogens with one attached hydrogen (secondary N) is 1. The third-order valence-corrected chi connectivity index (χ3v) is 7.11. The Bertz CT molecular complexity index is 1080. The summed E-state index contributed by atoms with van der Waals surface area (Å²) in [7, 11) is 0. The summed E-state index contributed by atoms with van der Waals surface area (Å²) in [5.41, 5.74) is 7.73. The van der Waals surface area contributed by atoms with Crippen LogP contribution in [0.2, 0.25) is 0 Å². The molecular formula is C27H38N4O5. The quantitative estimate of drug-likeness (QED) is 0.391. The minimum atomic E-state index is -0.989. The molecule has 0 bridgehead atoms. The van der Waals surface area contributed by atoms with Crippen LogP contribution in [0.4, 0.5) is 0 Å². The van der Waals surface area contributed by atoms with Crippen LogP contribution in [0.1, 0.15) is 48.7 Å². The molecule has 1 atom stereocenters. The van der Waals surface area contributed by atoms with E-state index in [1.54, 1.807) is 18.6 Å². The number of piperidine rings is 2. The van der Waals surface area contributed by atoms with Gasteiger partial charge in [0.05, 0.1) is 18.6 Å². The highest BCUT2D eigenvalue weighted by Gasteiger charge is 2.24. The lowest BCUT2D eigenvalue weighted by Gasteiger charge is -2.38. The number of nitrogens with two attached hydrogens (primary N) is 1. The van der Waals surface area contributed by atoms with E-state index in [0.29, 0.717) is 24.4 Å². The molecule has 2 saturated heterocycles. The van der Waals surface area contributed by atoms with Crippen LogP contribution in [0, 0.1) is 0 Å². The summed E-state index contributed by atoms with van der Waals surface area (Å²) in [6.45, 7) is 8.26. The van der Waals surface area contributed by atoms with E-state index in [4.69, 9.17) is 20.0 Å². The number of carboxylic acid groups (broad SMARTS) is 1. The van der Waals surface area contributed by atoms with E-state index < -0.39 is 5.97 Å². The zero-order chi connectivity index (χ0) is 25.5. The van der Waals surface area contributed by atoms with Gasteiger partial charge in [0.1, 0.15) is 18.1 Å². The highest BCUT2D eigenvalue weighted by molar-refractivity contribution is 5.96. The van der Waals surface area contributed by atoms with Crippen molar-refractivity contribution in [3.05, 3.63) is 54.1 Å². The maximum Gasteiger partial charge on any atom is 0.352 e. The maximum atomic E-state index is 10.9. The van der Waals surface area contributed by atoms with Gasteiger partial charge in [-0.2, -0.15) is 0 Å². The zero-order valence-electron chi connectivity index (χ0n) is 20.9. The summed E-state index contributed by atoms with van der Waals surface area (Å²) in [5.74, 6) is -0.348. The van der Waals surface area contributed by atoms with Crippen molar-refractivity contribution in [1.82, 2.24) is 14.8 Å².